The number of hydrogen-bond donors (Lipinski definition) is 0. The van der Waals surface area contributed by atoms with Gasteiger partial charge in [-0.1, -0.05) is 45.7 Å². The molecule has 5 heteroatoms. The van der Waals surface area contributed by atoms with Crippen LogP contribution >= 0.6 is 31.9 Å². The minimum atomic E-state index is -0.320. The molecule has 0 aliphatic heterocycles. The third-order valence-electron chi connectivity index (χ3n) is 2.58. The Balaban J connectivity index is 3.27. The second-order valence-corrected chi connectivity index (χ2v) is 6.01. The second-order valence-electron chi connectivity index (χ2n) is 3.65. The van der Waals surface area contributed by atoms with Gasteiger partial charge in [-0.05, 0) is 18.6 Å². The van der Waals surface area contributed by atoms with Gasteiger partial charge < -0.3 is 0 Å². The maximum atomic E-state index is 11.0. The molecule has 0 bridgehead atoms. The van der Waals surface area contributed by atoms with E-state index in [1.54, 1.807) is 12.1 Å². The van der Waals surface area contributed by atoms with Crippen LogP contribution in [0.1, 0.15) is 31.7 Å². The number of nitro benzene ring substituents is 1. The first-order chi connectivity index (χ1) is 7.47. The van der Waals surface area contributed by atoms with Gasteiger partial charge >= 0.3 is 0 Å². The molecule has 0 fully saturated rings. The molecule has 2 atom stereocenters. The van der Waals surface area contributed by atoms with Crippen LogP contribution in [-0.4, -0.2) is 9.75 Å². The Morgan fingerprint density at radius 2 is 2.12 bits per heavy atom. The zero-order chi connectivity index (χ0) is 12.3. The monoisotopic (exact) mass is 349 g/mol. The second kappa shape index (κ2) is 5.77. The Labute approximate surface area is 112 Å². The Morgan fingerprint density at radius 1 is 1.50 bits per heavy atom. The standard InChI is InChI=1S/C11H13Br2NO2/c1-3-9(7(2)12)10-6-8(13)4-5-11(10)14(15)16/h4-7,9H,3H2,1-2H3. The molecule has 3 nitrogen and oxygen atoms in total. The van der Waals surface area contributed by atoms with Crippen LogP contribution in [0, 0.1) is 10.1 Å². The molecule has 0 amide bonds. The molecule has 0 saturated heterocycles. The predicted molar refractivity (Wildman–Crippen MR) is 72.2 cm³/mol. The lowest BCUT2D eigenvalue weighted by Crippen LogP contribution is -2.10. The smallest absolute Gasteiger partial charge is 0.258 e. The highest BCUT2D eigenvalue weighted by atomic mass is 79.9. The van der Waals surface area contributed by atoms with Crippen LogP contribution in [0.4, 0.5) is 5.69 Å². The number of benzene rings is 1. The van der Waals surface area contributed by atoms with E-state index in [2.05, 4.69) is 31.9 Å². The number of rotatable bonds is 4. The Morgan fingerprint density at radius 3 is 2.56 bits per heavy atom. The number of halogens is 2. The summed E-state index contributed by atoms with van der Waals surface area (Å²) in [7, 11) is 0. The quantitative estimate of drug-likeness (QED) is 0.451. The summed E-state index contributed by atoms with van der Waals surface area (Å²) in [6, 6.07) is 5.09. The largest absolute Gasteiger partial charge is 0.272 e. The Hall–Kier alpha value is -0.420. The highest BCUT2D eigenvalue weighted by molar-refractivity contribution is 9.10. The maximum Gasteiger partial charge on any atom is 0.272 e. The van der Waals surface area contributed by atoms with Gasteiger partial charge in [0.05, 0.1) is 4.92 Å². The fraction of sp³-hybridized carbons (Fsp3) is 0.455. The Bertz CT molecular complexity index is 394. The summed E-state index contributed by atoms with van der Waals surface area (Å²) < 4.78 is 0.875. The molecule has 2 unspecified atom stereocenters. The van der Waals surface area contributed by atoms with Crippen molar-refractivity contribution in [3.8, 4) is 0 Å². The van der Waals surface area contributed by atoms with Crippen molar-refractivity contribution in [3.63, 3.8) is 0 Å². The van der Waals surface area contributed by atoms with Crippen LogP contribution in [0.5, 0.6) is 0 Å². The van der Waals surface area contributed by atoms with Crippen molar-refractivity contribution in [2.24, 2.45) is 0 Å². The highest BCUT2D eigenvalue weighted by Crippen LogP contribution is 2.35. The van der Waals surface area contributed by atoms with Gasteiger partial charge in [-0.3, -0.25) is 10.1 Å². The SMILES string of the molecule is CCC(c1cc(Br)ccc1[N+](=O)[O-])C(C)Br. The van der Waals surface area contributed by atoms with Crippen molar-refractivity contribution in [3.05, 3.63) is 38.3 Å². The van der Waals surface area contributed by atoms with E-state index in [9.17, 15) is 10.1 Å². The maximum absolute atomic E-state index is 11.0. The lowest BCUT2D eigenvalue weighted by molar-refractivity contribution is -0.385. The van der Waals surface area contributed by atoms with Crippen molar-refractivity contribution in [2.45, 2.75) is 31.0 Å². The minimum absolute atomic E-state index is 0.151. The third kappa shape index (κ3) is 3.04. The molecule has 16 heavy (non-hydrogen) atoms. The van der Waals surface area contributed by atoms with Crippen LogP contribution in [0.2, 0.25) is 0 Å². The van der Waals surface area contributed by atoms with Crippen molar-refractivity contribution in [2.75, 3.05) is 0 Å². The molecular formula is C11H13Br2NO2. The van der Waals surface area contributed by atoms with Crippen LogP contribution in [-0.2, 0) is 0 Å². The molecule has 0 saturated carbocycles. The van der Waals surface area contributed by atoms with Crippen LogP contribution in [0.15, 0.2) is 22.7 Å². The molecule has 1 aromatic rings. The zero-order valence-corrected chi connectivity index (χ0v) is 12.3. The predicted octanol–water partition coefficient (Wildman–Crippen LogP) is 4.63. The lowest BCUT2D eigenvalue weighted by Gasteiger charge is -2.18. The highest BCUT2D eigenvalue weighted by Gasteiger charge is 2.24. The summed E-state index contributed by atoms with van der Waals surface area (Å²) in [6.45, 7) is 4.05. The summed E-state index contributed by atoms with van der Waals surface area (Å²) in [5.41, 5.74) is 0.979. The van der Waals surface area contributed by atoms with Gasteiger partial charge in [0.1, 0.15) is 0 Å². The first-order valence-electron chi connectivity index (χ1n) is 5.05. The van der Waals surface area contributed by atoms with E-state index in [0.29, 0.717) is 0 Å². The molecule has 0 aliphatic carbocycles. The van der Waals surface area contributed by atoms with Crippen molar-refractivity contribution in [1.82, 2.24) is 0 Å². The molecule has 0 N–H and O–H groups in total. The molecule has 0 radical (unpaired) electrons. The molecule has 0 aliphatic rings. The van der Waals surface area contributed by atoms with Crippen molar-refractivity contribution >= 4 is 37.5 Å². The lowest BCUT2D eigenvalue weighted by atomic mass is 9.92. The number of nitro groups is 1. The topological polar surface area (TPSA) is 43.1 Å². The fourth-order valence-corrected chi connectivity index (χ4v) is 2.82. The van der Waals surface area contributed by atoms with Crippen molar-refractivity contribution in [1.29, 1.82) is 0 Å². The van der Waals surface area contributed by atoms with E-state index in [4.69, 9.17) is 0 Å². The first kappa shape index (κ1) is 13.6. The number of alkyl halides is 1. The van der Waals surface area contributed by atoms with E-state index in [1.807, 2.05) is 19.9 Å². The molecule has 0 heterocycles. The number of nitrogens with zero attached hydrogens (tertiary/aromatic N) is 1. The molecular weight excluding hydrogens is 338 g/mol. The van der Waals surface area contributed by atoms with Gasteiger partial charge in [0.25, 0.3) is 5.69 Å². The average molecular weight is 351 g/mol. The fourth-order valence-electron chi connectivity index (χ4n) is 1.78. The van der Waals surface area contributed by atoms with E-state index in [1.165, 1.54) is 0 Å². The number of hydrogen-bond acceptors (Lipinski definition) is 2. The molecule has 0 spiro atoms. The summed E-state index contributed by atoms with van der Waals surface area (Å²) in [5, 5.41) is 11.0. The van der Waals surface area contributed by atoms with Gasteiger partial charge in [0.2, 0.25) is 0 Å². The van der Waals surface area contributed by atoms with E-state index in [-0.39, 0.29) is 21.4 Å². The molecule has 1 rings (SSSR count). The molecule has 88 valence electrons. The zero-order valence-electron chi connectivity index (χ0n) is 9.11. The average Bonchev–Trinajstić information content (AvgIpc) is 2.17. The van der Waals surface area contributed by atoms with Crippen molar-refractivity contribution < 1.29 is 4.92 Å². The summed E-state index contributed by atoms with van der Waals surface area (Å²) >= 11 is 6.86. The summed E-state index contributed by atoms with van der Waals surface area (Å²) in [4.78, 5) is 10.8. The molecule has 1 aromatic carbocycles. The summed E-state index contributed by atoms with van der Waals surface area (Å²) in [6.07, 6.45) is 0.865. The first-order valence-corrected chi connectivity index (χ1v) is 6.76. The third-order valence-corrected chi connectivity index (χ3v) is 3.71. The van der Waals surface area contributed by atoms with Gasteiger partial charge in [0, 0.05) is 26.8 Å². The normalized spacial score (nSPS) is 14.5. The summed E-state index contributed by atoms with van der Waals surface area (Å²) in [5.74, 6) is 0.151. The van der Waals surface area contributed by atoms with Gasteiger partial charge in [0.15, 0.2) is 0 Å². The van der Waals surface area contributed by atoms with E-state index < -0.39 is 0 Å². The van der Waals surface area contributed by atoms with Crippen LogP contribution in [0.25, 0.3) is 0 Å². The Kier molecular flexibility index (Phi) is 4.92. The van der Waals surface area contributed by atoms with Crippen LogP contribution in [0.3, 0.4) is 0 Å². The van der Waals surface area contributed by atoms with Gasteiger partial charge in [-0.15, -0.1) is 0 Å². The van der Waals surface area contributed by atoms with E-state index >= 15 is 0 Å². The van der Waals surface area contributed by atoms with Gasteiger partial charge in [-0.2, -0.15) is 0 Å². The van der Waals surface area contributed by atoms with E-state index in [0.717, 1.165) is 16.5 Å². The van der Waals surface area contributed by atoms with Gasteiger partial charge in [-0.25, -0.2) is 0 Å². The van der Waals surface area contributed by atoms with Crippen LogP contribution < -0.4 is 0 Å². The minimum Gasteiger partial charge on any atom is -0.258 e. The molecule has 0 aromatic heterocycles.